The van der Waals surface area contributed by atoms with Crippen LogP contribution in [-0.4, -0.2) is 66.5 Å². The highest BCUT2D eigenvalue weighted by Gasteiger charge is 2.18. The van der Waals surface area contributed by atoms with Gasteiger partial charge in [-0.3, -0.25) is 4.99 Å². The predicted molar refractivity (Wildman–Crippen MR) is 107 cm³/mol. The van der Waals surface area contributed by atoms with Crippen molar-refractivity contribution in [2.45, 2.75) is 19.4 Å². The second kappa shape index (κ2) is 8.85. The molecule has 0 spiro atoms. The van der Waals surface area contributed by atoms with E-state index in [4.69, 9.17) is 0 Å². The van der Waals surface area contributed by atoms with Crippen molar-refractivity contribution < 1.29 is 0 Å². The van der Waals surface area contributed by atoms with Gasteiger partial charge in [0.25, 0.3) is 0 Å². The minimum absolute atomic E-state index is 0.687. The van der Waals surface area contributed by atoms with Gasteiger partial charge < -0.3 is 20.1 Å². The number of hydrogen-bond acceptors (Lipinski definition) is 3. The number of hydrogen-bond donors (Lipinski definition) is 2. The van der Waals surface area contributed by atoms with Gasteiger partial charge in [-0.25, -0.2) is 4.98 Å². The van der Waals surface area contributed by atoms with Gasteiger partial charge in [-0.05, 0) is 37.9 Å². The first-order valence-electron chi connectivity index (χ1n) is 9.35. The molecule has 0 bridgehead atoms. The Morgan fingerprint density at radius 1 is 1.38 bits per heavy atom. The van der Waals surface area contributed by atoms with Gasteiger partial charge in [-0.2, -0.15) is 0 Å². The first kappa shape index (κ1) is 18.5. The smallest absolute Gasteiger partial charge is 0.193 e. The quantitative estimate of drug-likeness (QED) is 0.639. The van der Waals surface area contributed by atoms with E-state index in [1.807, 2.05) is 38.5 Å². The highest BCUT2D eigenvalue weighted by atomic mass is 15.3. The second-order valence-corrected chi connectivity index (χ2v) is 7.16. The fraction of sp³-hybridized carbons (Fsp3) is 0.500. The summed E-state index contributed by atoms with van der Waals surface area (Å²) in [5, 5.41) is 3.53. The van der Waals surface area contributed by atoms with E-state index in [1.54, 1.807) is 0 Å². The Hall–Kier alpha value is -2.34. The molecule has 1 aromatic carbocycles. The van der Waals surface area contributed by atoms with Gasteiger partial charge in [-0.15, -0.1) is 0 Å². The molecule has 0 amide bonds. The van der Waals surface area contributed by atoms with Gasteiger partial charge >= 0.3 is 0 Å². The molecule has 0 saturated carbocycles. The summed E-state index contributed by atoms with van der Waals surface area (Å²) in [6.45, 7) is 4.03. The molecule has 1 atom stereocenters. The van der Waals surface area contributed by atoms with Crippen molar-refractivity contribution in [3.63, 3.8) is 0 Å². The minimum Gasteiger partial charge on any atom is -0.356 e. The van der Waals surface area contributed by atoms with Crippen molar-refractivity contribution in [1.82, 2.24) is 25.1 Å². The van der Waals surface area contributed by atoms with E-state index in [2.05, 4.69) is 49.3 Å². The number of aliphatic imine (C=N–C) groups is 1. The number of likely N-dealkylation sites (tertiary alicyclic amines) is 1. The third-order valence-electron chi connectivity index (χ3n) is 4.94. The second-order valence-electron chi connectivity index (χ2n) is 7.16. The molecule has 3 rings (SSSR count). The number of piperidine rings is 1. The Balaban J connectivity index is 1.54. The lowest BCUT2D eigenvalue weighted by Crippen LogP contribution is -2.44. The Labute approximate surface area is 156 Å². The fourth-order valence-corrected chi connectivity index (χ4v) is 3.57. The van der Waals surface area contributed by atoms with Crippen LogP contribution >= 0.6 is 0 Å². The molecule has 6 heteroatoms. The molecule has 0 aliphatic carbocycles. The van der Waals surface area contributed by atoms with Crippen LogP contribution in [0.1, 0.15) is 18.7 Å². The summed E-state index contributed by atoms with van der Waals surface area (Å²) in [6, 6.07) is 10.3. The summed E-state index contributed by atoms with van der Waals surface area (Å²) in [4.78, 5) is 16.9. The molecular formula is C20H30N6. The summed E-state index contributed by atoms with van der Waals surface area (Å²) in [6.07, 6.45) is 4.47. The van der Waals surface area contributed by atoms with Gasteiger partial charge in [0.15, 0.2) is 5.96 Å². The zero-order valence-electron chi connectivity index (χ0n) is 16.1. The lowest BCUT2D eigenvalue weighted by atomic mass is 9.99. The number of H-pyrrole nitrogens is 1. The first-order valence-corrected chi connectivity index (χ1v) is 9.35. The normalized spacial score (nSPS) is 18.7. The molecular weight excluding hydrogens is 324 g/mol. The third kappa shape index (κ3) is 4.85. The Morgan fingerprint density at radius 3 is 2.92 bits per heavy atom. The van der Waals surface area contributed by atoms with Crippen LogP contribution in [0.4, 0.5) is 0 Å². The fourth-order valence-electron chi connectivity index (χ4n) is 3.57. The van der Waals surface area contributed by atoms with Crippen LogP contribution in [0.15, 0.2) is 41.5 Å². The molecule has 1 aliphatic rings. The van der Waals surface area contributed by atoms with E-state index in [0.717, 1.165) is 36.1 Å². The Bertz CT molecular complexity index is 708. The Kier molecular flexibility index (Phi) is 6.28. The third-order valence-corrected chi connectivity index (χ3v) is 4.94. The molecule has 2 heterocycles. The topological polar surface area (TPSA) is 59.6 Å². The standard InChI is InChI=1S/C20H30N6/c1-21-20(23-12-16-8-7-11-25(2)14-16)26(3)15-19-22-13-18(24-19)17-9-5-4-6-10-17/h4-6,9-10,13,16H,7-8,11-12,14-15H2,1-3H3,(H,21,23)(H,22,24). The predicted octanol–water partition coefficient (Wildman–Crippen LogP) is 2.43. The van der Waals surface area contributed by atoms with Crippen LogP contribution in [0.3, 0.4) is 0 Å². The SMILES string of the molecule is CN=C(NCC1CCCN(C)C1)N(C)Cc1ncc(-c2ccccc2)[nH]1. The molecule has 140 valence electrons. The maximum absolute atomic E-state index is 4.52. The summed E-state index contributed by atoms with van der Waals surface area (Å²) < 4.78 is 0. The van der Waals surface area contributed by atoms with E-state index in [-0.39, 0.29) is 0 Å². The number of nitrogens with zero attached hydrogens (tertiary/aromatic N) is 4. The number of benzene rings is 1. The summed E-state index contributed by atoms with van der Waals surface area (Å²) in [5.41, 5.74) is 2.19. The number of rotatable bonds is 5. The summed E-state index contributed by atoms with van der Waals surface area (Å²) >= 11 is 0. The number of nitrogens with one attached hydrogen (secondary N) is 2. The Morgan fingerprint density at radius 2 is 2.19 bits per heavy atom. The van der Waals surface area contributed by atoms with Gasteiger partial charge in [0, 0.05) is 27.2 Å². The minimum atomic E-state index is 0.687. The number of guanidine groups is 1. The van der Waals surface area contributed by atoms with Crippen molar-refractivity contribution in [1.29, 1.82) is 0 Å². The van der Waals surface area contributed by atoms with Crippen molar-refractivity contribution >= 4 is 5.96 Å². The largest absolute Gasteiger partial charge is 0.356 e. The molecule has 2 aromatic rings. The number of imidazole rings is 1. The van der Waals surface area contributed by atoms with Crippen molar-refractivity contribution in [3.8, 4) is 11.3 Å². The molecule has 2 N–H and O–H groups in total. The molecule has 1 saturated heterocycles. The zero-order chi connectivity index (χ0) is 18.4. The molecule has 6 nitrogen and oxygen atoms in total. The van der Waals surface area contributed by atoms with Crippen molar-refractivity contribution in [2.24, 2.45) is 10.9 Å². The average molecular weight is 355 g/mol. The first-order chi connectivity index (χ1) is 12.7. The van der Waals surface area contributed by atoms with Crippen LogP contribution in [0.2, 0.25) is 0 Å². The monoisotopic (exact) mass is 354 g/mol. The van der Waals surface area contributed by atoms with Crippen LogP contribution in [0.25, 0.3) is 11.3 Å². The maximum atomic E-state index is 4.52. The summed E-state index contributed by atoms with van der Waals surface area (Å²) in [7, 11) is 6.09. The maximum Gasteiger partial charge on any atom is 0.193 e. The van der Waals surface area contributed by atoms with Gasteiger partial charge in [0.2, 0.25) is 0 Å². The van der Waals surface area contributed by atoms with Crippen molar-refractivity contribution in [2.75, 3.05) is 40.8 Å². The van der Waals surface area contributed by atoms with Crippen LogP contribution in [0, 0.1) is 5.92 Å². The molecule has 0 radical (unpaired) electrons. The average Bonchev–Trinajstić information content (AvgIpc) is 3.11. The van der Waals surface area contributed by atoms with E-state index in [9.17, 15) is 0 Å². The lowest BCUT2D eigenvalue weighted by molar-refractivity contribution is 0.209. The molecule has 1 aliphatic heterocycles. The van der Waals surface area contributed by atoms with Crippen LogP contribution in [0.5, 0.6) is 0 Å². The van der Waals surface area contributed by atoms with Crippen LogP contribution in [-0.2, 0) is 6.54 Å². The van der Waals surface area contributed by atoms with E-state index < -0.39 is 0 Å². The van der Waals surface area contributed by atoms with E-state index >= 15 is 0 Å². The number of aromatic nitrogens is 2. The molecule has 1 unspecified atom stereocenters. The molecule has 1 fully saturated rings. The summed E-state index contributed by atoms with van der Waals surface area (Å²) in [5.74, 6) is 2.54. The highest BCUT2D eigenvalue weighted by Crippen LogP contribution is 2.17. The molecule has 1 aromatic heterocycles. The van der Waals surface area contributed by atoms with Gasteiger partial charge in [0.05, 0.1) is 18.4 Å². The molecule has 26 heavy (non-hydrogen) atoms. The van der Waals surface area contributed by atoms with Gasteiger partial charge in [0.1, 0.15) is 5.82 Å². The van der Waals surface area contributed by atoms with E-state index in [1.165, 1.54) is 19.4 Å². The zero-order valence-corrected chi connectivity index (χ0v) is 16.1. The van der Waals surface area contributed by atoms with E-state index in [0.29, 0.717) is 12.5 Å². The van der Waals surface area contributed by atoms with Crippen molar-refractivity contribution in [3.05, 3.63) is 42.4 Å². The number of aromatic amines is 1. The van der Waals surface area contributed by atoms with Crippen LogP contribution < -0.4 is 5.32 Å². The highest BCUT2D eigenvalue weighted by molar-refractivity contribution is 5.79. The lowest BCUT2D eigenvalue weighted by Gasteiger charge is -2.31. The van der Waals surface area contributed by atoms with Gasteiger partial charge in [-0.1, -0.05) is 30.3 Å².